The third-order valence-electron chi connectivity index (χ3n) is 3.37. The monoisotopic (exact) mass is 297 g/mol. The summed E-state index contributed by atoms with van der Waals surface area (Å²) in [5.74, 6) is -1.96. The number of rotatable bonds is 6. The van der Waals surface area contributed by atoms with E-state index in [9.17, 15) is 19.2 Å². The van der Waals surface area contributed by atoms with Gasteiger partial charge in [-0.15, -0.1) is 0 Å². The van der Waals surface area contributed by atoms with Crippen LogP contribution < -0.4 is 5.32 Å². The zero-order chi connectivity index (χ0) is 16.3. The molecule has 0 aromatic rings. The molecule has 1 heterocycles. The molecule has 1 saturated heterocycles. The van der Waals surface area contributed by atoms with Crippen LogP contribution in [0.2, 0.25) is 0 Å². The van der Waals surface area contributed by atoms with Crippen LogP contribution >= 0.6 is 0 Å². The van der Waals surface area contributed by atoms with Crippen molar-refractivity contribution in [2.45, 2.75) is 40.7 Å². The fourth-order valence-electron chi connectivity index (χ4n) is 1.83. The Bertz CT molecular complexity index is 459. The van der Waals surface area contributed by atoms with Gasteiger partial charge in [-0.05, 0) is 18.8 Å². The van der Waals surface area contributed by atoms with Crippen LogP contribution in [-0.4, -0.2) is 52.7 Å². The van der Waals surface area contributed by atoms with Gasteiger partial charge in [-0.2, -0.15) is 0 Å². The van der Waals surface area contributed by atoms with Gasteiger partial charge in [0.05, 0.1) is 0 Å². The van der Waals surface area contributed by atoms with Gasteiger partial charge < -0.3 is 5.32 Å². The Kier molecular flexibility index (Phi) is 5.46. The molecule has 0 aromatic carbocycles. The highest BCUT2D eigenvalue weighted by Crippen LogP contribution is 2.14. The second kappa shape index (κ2) is 6.69. The van der Waals surface area contributed by atoms with Gasteiger partial charge in [0.25, 0.3) is 0 Å². The molecule has 0 bridgehead atoms. The number of carbonyl (C=O) groups excluding carboxylic acids is 4. The van der Waals surface area contributed by atoms with Gasteiger partial charge in [0.2, 0.25) is 5.91 Å². The fourth-order valence-corrected chi connectivity index (χ4v) is 1.83. The maximum absolute atomic E-state index is 12.0. The maximum Gasteiger partial charge on any atom is 0.334 e. The van der Waals surface area contributed by atoms with Crippen molar-refractivity contribution >= 4 is 23.8 Å². The highest BCUT2D eigenvalue weighted by atomic mass is 16.2. The molecule has 0 aromatic heterocycles. The lowest BCUT2D eigenvalue weighted by atomic mass is 10.1. The number of nitrogens with zero attached hydrogens (tertiary/aromatic N) is 2. The number of amides is 5. The number of hydrogen-bond donors (Lipinski definition) is 1. The molecule has 0 saturated carbocycles. The van der Waals surface area contributed by atoms with E-state index >= 15 is 0 Å². The number of imide groups is 2. The molecule has 1 rings (SSSR count). The number of hydrogen-bond acceptors (Lipinski definition) is 4. The van der Waals surface area contributed by atoms with Crippen LogP contribution in [0.5, 0.6) is 0 Å². The van der Waals surface area contributed by atoms with Crippen LogP contribution in [0.4, 0.5) is 4.79 Å². The summed E-state index contributed by atoms with van der Waals surface area (Å²) in [6, 6.07) is -0.793. The third kappa shape index (κ3) is 4.03. The van der Waals surface area contributed by atoms with Crippen molar-refractivity contribution < 1.29 is 19.2 Å². The lowest BCUT2D eigenvalue weighted by molar-refractivity contribution is -0.144. The Morgan fingerprint density at radius 2 is 1.52 bits per heavy atom. The predicted molar refractivity (Wildman–Crippen MR) is 76.1 cm³/mol. The van der Waals surface area contributed by atoms with E-state index in [0.29, 0.717) is 4.90 Å². The topological polar surface area (TPSA) is 86.8 Å². The van der Waals surface area contributed by atoms with Gasteiger partial charge in [-0.3, -0.25) is 19.3 Å². The summed E-state index contributed by atoms with van der Waals surface area (Å²) in [4.78, 5) is 49.0. The third-order valence-corrected chi connectivity index (χ3v) is 3.37. The molecular weight excluding hydrogens is 274 g/mol. The standard InChI is InChI=1S/C14H23N3O4/c1-8(2)6-16-12(19)13(20)17(14(16)21)7-11(18)15-10(5)9(3)4/h8-10H,6-7H2,1-5H3,(H,15,18)/t10-/m1/s1. The highest BCUT2D eigenvalue weighted by molar-refractivity contribution is 6.45. The van der Waals surface area contributed by atoms with Crippen molar-refractivity contribution in [3.63, 3.8) is 0 Å². The fraction of sp³-hybridized carbons (Fsp3) is 0.714. The molecule has 1 N–H and O–H groups in total. The van der Waals surface area contributed by atoms with E-state index in [4.69, 9.17) is 0 Å². The predicted octanol–water partition coefficient (Wildman–Crippen LogP) is 0.594. The molecule has 118 valence electrons. The van der Waals surface area contributed by atoms with Crippen LogP contribution in [0.1, 0.15) is 34.6 Å². The van der Waals surface area contributed by atoms with Crippen LogP contribution in [0.15, 0.2) is 0 Å². The zero-order valence-corrected chi connectivity index (χ0v) is 13.2. The average Bonchev–Trinajstić information content (AvgIpc) is 2.55. The van der Waals surface area contributed by atoms with Crippen LogP contribution in [0.25, 0.3) is 0 Å². The van der Waals surface area contributed by atoms with E-state index in [1.165, 1.54) is 0 Å². The number of nitrogens with one attached hydrogen (secondary N) is 1. The van der Waals surface area contributed by atoms with E-state index in [-0.39, 0.29) is 24.4 Å². The molecule has 0 spiro atoms. The first-order valence-corrected chi connectivity index (χ1v) is 7.11. The van der Waals surface area contributed by atoms with E-state index in [1.54, 1.807) is 0 Å². The van der Waals surface area contributed by atoms with Gasteiger partial charge in [-0.1, -0.05) is 27.7 Å². The summed E-state index contributed by atoms with van der Waals surface area (Å²) in [5, 5.41) is 2.70. The van der Waals surface area contributed by atoms with Gasteiger partial charge in [0.1, 0.15) is 6.54 Å². The van der Waals surface area contributed by atoms with Crippen molar-refractivity contribution in [1.82, 2.24) is 15.1 Å². The first kappa shape index (κ1) is 17.1. The largest absolute Gasteiger partial charge is 0.352 e. The molecule has 5 amide bonds. The molecule has 21 heavy (non-hydrogen) atoms. The highest BCUT2D eigenvalue weighted by Gasteiger charge is 2.45. The van der Waals surface area contributed by atoms with E-state index in [1.807, 2.05) is 34.6 Å². The van der Waals surface area contributed by atoms with Crippen molar-refractivity contribution in [3.8, 4) is 0 Å². The normalized spacial score (nSPS) is 17.2. The Hall–Kier alpha value is -1.92. The summed E-state index contributed by atoms with van der Waals surface area (Å²) in [7, 11) is 0. The SMILES string of the molecule is CC(C)CN1C(=O)C(=O)N(CC(=O)N[C@H](C)C(C)C)C1=O. The molecule has 0 aliphatic carbocycles. The minimum absolute atomic E-state index is 0.0560. The molecule has 7 heteroatoms. The molecule has 0 unspecified atom stereocenters. The molecule has 1 atom stereocenters. The van der Waals surface area contributed by atoms with Crippen LogP contribution in [0, 0.1) is 11.8 Å². The molecular formula is C14H23N3O4. The minimum Gasteiger partial charge on any atom is -0.352 e. The summed E-state index contributed by atoms with van der Waals surface area (Å²) < 4.78 is 0. The van der Waals surface area contributed by atoms with Crippen molar-refractivity contribution in [2.75, 3.05) is 13.1 Å². The Morgan fingerprint density at radius 3 is 2.00 bits per heavy atom. The van der Waals surface area contributed by atoms with Crippen molar-refractivity contribution in [1.29, 1.82) is 0 Å². The molecule has 1 fully saturated rings. The Labute approximate surface area is 124 Å². The van der Waals surface area contributed by atoms with E-state index in [0.717, 1.165) is 4.90 Å². The molecule has 1 aliphatic heterocycles. The van der Waals surface area contributed by atoms with Crippen molar-refractivity contribution in [2.24, 2.45) is 11.8 Å². The quantitative estimate of drug-likeness (QED) is 0.574. The zero-order valence-electron chi connectivity index (χ0n) is 13.2. The van der Waals surface area contributed by atoms with Crippen LogP contribution in [-0.2, 0) is 14.4 Å². The first-order chi connectivity index (χ1) is 9.65. The first-order valence-electron chi connectivity index (χ1n) is 7.11. The maximum atomic E-state index is 12.0. The lowest BCUT2D eigenvalue weighted by Crippen LogP contribution is -2.45. The minimum atomic E-state index is -0.937. The van der Waals surface area contributed by atoms with Gasteiger partial charge >= 0.3 is 17.8 Å². The second-order valence-corrected chi connectivity index (χ2v) is 6.08. The number of urea groups is 1. The van der Waals surface area contributed by atoms with Gasteiger partial charge in [0, 0.05) is 12.6 Å². The molecule has 7 nitrogen and oxygen atoms in total. The lowest BCUT2D eigenvalue weighted by Gasteiger charge is -2.20. The summed E-state index contributed by atoms with van der Waals surface area (Å²) >= 11 is 0. The summed E-state index contributed by atoms with van der Waals surface area (Å²) in [6.45, 7) is 9.16. The Morgan fingerprint density at radius 1 is 1.00 bits per heavy atom. The van der Waals surface area contributed by atoms with Crippen LogP contribution in [0.3, 0.4) is 0 Å². The van der Waals surface area contributed by atoms with E-state index < -0.39 is 30.3 Å². The summed E-state index contributed by atoms with van der Waals surface area (Å²) in [5.41, 5.74) is 0. The van der Waals surface area contributed by atoms with Gasteiger partial charge in [0.15, 0.2) is 0 Å². The van der Waals surface area contributed by atoms with Gasteiger partial charge in [-0.25, -0.2) is 9.69 Å². The van der Waals surface area contributed by atoms with Crippen molar-refractivity contribution in [3.05, 3.63) is 0 Å². The van der Waals surface area contributed by atoms with E-state index in [2.05, 4.69) is 5.32 Å². The smallest absolute Gasteiger partial charge is 0.334 e. The Balaban J connectivity index is 2.71. The number of carbonyl (C=O) groups is 4. The second-order valence-electron chi connectivity index (χ2n) is 6.08. The molecule has 0 radical (unpaired) electrons. The summed E-state index contributed by atoms with van der Waals surface area (Å²) in [6.07, 6.45) is 0. The average molecular weight is 297 g/mol. The molecule has 1 aliphatic rings.